The second-order valence-corrected chi connectivity index (χ2v) is 4.77. The third kappa shape index (κ3) is 5.76. The minimum absolute atomic E-state index is 0. The van der Waals surface area contributed by atoms with Crippen LogP contribution in [0.1, 0.15) is 11.3 Å². The fraction of sp³-hybridized carbons (Fsp3) is 0.200. The summed E-state index contributed by atoms with van der Waals surface area (Å²) in [6.07, 6.45) is 1.56. The fourth-order valence-corrected chi connectivity index (χ4v) is 1.85. The van der Waals surface area contributed by atoms with Gasteiger partial charge in [0.1, 0.15) is 5.82 Å². The molecular weight excluding hydrogens is 418 g/mol. The van der Waals surface area contributed by atoms with Crippen LogP contribution in [0.25, 0.3) is 0 Å². The zero-order valence-corrected chi connectivity index (χ0v) is 15.1. The molecule has 0 fully saturated rings. The number of nitrogens with one attached hydrogen (secondary N) is 2. The summed E-state index contributed by atoms with van der Waals surface area (Å²) in [6.45, 7) is 0.870. The molecule has 0 unspecified atom stereocenters. The van der Waals surface area contributed by atoms with Crippen LogP contribution >= 0.6 is 35.6 Å². The molecule has 2 rings (SSSR count). The van der Waals surface area contributed by atoms with Crippen LogP contribution in [0, 0.1) is 5.82 Å². The van der Waals surface area contributed by atoms with Crippen molar-refractivity contribution in [2.75, 3.05) is 7.05 Å². The van der Waals surface area contributed by atoms with Crippen molar-refractivity contribution in [3.8, 4) is 0 Å². The van der Waals surface area contributed by atoms with E-state index in [4.69, 9.17) is 11.6 Å². The van der Waals surface area contributed by atoms with Crippen molar-refractivity contribution in [2.45, 2.75) is 13.1 Å². The van der Waals surface area contributed by atoms with E-state index in [1.807, 2.05) is 24.3 Å². The first kappa shape index (κ1) is 18.6. The Balaban J connectivity index is 0.00000242. The van der Waals surface area contributed by atoms with Crippen molar-refractivity contribution in [3.05, 3.63) is 64.7 Å². The first-order chi connectivity index (χ1) is 10.2. The highest BCUT2D eigenvalue weighted by Crippen LogP contribution is 2.09. The molecule has 0 aliphatic rings. The number of aromatic nitrogens is 1. The highest BCUT2D eigenvalue weighted by atomic mass is 127. The van der Waals surface area contributed by atoms with Gasteiger partial charge in [-0.1, -0.05) is 23.7 Å². The molecule has 2 N–H and O–H groups in total. The molecule has 0 atom stereocenters. The second-order valence-electron chi connectivity index (χ2n) is 4.34. The zero-order valence-electron chi connectivity index (χ0n) is 12.0. The molecule has 0 aliphatic heterocycles. The van der Waals surface area contributed by atoms with E-state index in [0.717, 1.165) is 5.56 Å². The lowest BCUT2D eigenvalue weighted by Crippen LogP contribution is -2.36. The molecular formula is C15H17ClFIN4. The predicted molar refractivity (Wildman–Crippen MR) is 98.1 cm³/mol. The normalized spacial score (nSPS) is 10.8. The summed E-state index contributed by atoms with van der Waals surface area (Å²) in [5.74, 6) is 0.244. The third-order valence-electron chi connectivity index (χ3n) is 2.85. The molecule has 0 spiro atoms. The largest absolute Gasteiger partial charge is 0.352 e. The number of pyridine rings is 1. The Morgan fingerprint density at radius 2 is 1.86 bits per heavy atom. The molecule has 0 aliphatic carbocycles. The average molecular weight is 435 g/mol. The quantitative estimate of drug-likeness (QED) is 0.441. The monoisotopic (exact) mass is 434 g/mol. The molecule has 0 amide bonds. The second kappa shape index (κ2) is 9.58. The number of hydrogen-bond donors (Lipinski definition) is 2. The average Bonchev–Trinajstić information content (AvgIpc) is 2.51. The topological polar surface area (TPSA) is 49.3 Å². The number of halogens is 3. The Hall–Kier alpha value is -1.41. The fourth-order valence-electron chi connectivity index (χ4n) is 1.72. The van der Waals surface area contributed by atoms with E-state index in [1.165, 1.54) is 6.07 Å². The van der Waals surface area contributed by atoms with E-state index < -0.39 is 0 Å². The SMILES string of the molecule is CN=C(NCc1ccc(Cl)cc1)NCc1ncccc1F.I. The third-order valence-corrected chi connectivity index (χ3v) is 3.11. The van der Waals surface area contributed by atoms with E-state index >= 15 is 0 Å². The van der Waals surface area contributed by atoms with Crippen LogP contribution in [-0.4, -0.2) is 18.0 Å². The van der Waals surface area contributed by atoms with Crippen molar-refractivity contribution in [2.24, 2.45) is 4.99 Å². The van der Waals surface area contributed by atoms with Crippen LogP contribution in [0.2, 0.25) is 5.02 Å². The van der Waals surface area contributed by atoms with Gasteiger partial charge < -0.3 is 10.6 Å². The number of hydrogen-bond acceptors (Lipinski definition) is 2. The Bertz CT molecular complexity index is 619. The van der Waals surface area contributed by atoms with Gasteiger partial charge in [0.25, 0.3) is 0 Å². The molecule has 22 heavy (non-hydrogen) atoms. The first-order valence-electron chi connectivity index (χ1n) is 6.47. The predicted octanol–water partition coefficient (Wildman–Crippen LogP) is 3.36. The van der Waals surface area contributed by atoms with E-state index in [1.54, 1.807) is 19.3 Å². The minimum Gasteiger partial charge on any atom is -0.352 e. The molecule has 0 saturated heterocycles. The summed E-state index contributed by atoms with van der Waals surface area (Å²) in [4.78, 5) is 8.06. The zero-order chi connectivity index (χ0) is 15.1. The van der Waals surface area contributed by atoms with Crippen LogP contribution in [0.3, 0.4) is 0 Å². The molecule has 0 radical (unpaired) electrons. The van der Waals surface area contributed by atoms with Crippen molar-refractivity contribution in [3.63, 3.8) is 0 Å². The van der Waals surface area contributed by atoms with E-state index in [9.17, 15) is 4.39 Å². The lowest BCUT2D eigenvalue weighted by molar-refractivity contribution is 0.592. The van der Waals surface area contributed by atoms with Gasteiger partial charge in [0.05, 0.1) is 12.2 Å². The van der Waals surface area contributed by atoms with Gasteiger partial charge in [0, 0.05) is 24.8 Å². The minimum atomic E-state index is -0.335. The van der Waals surface area contributed by atoms with E-state index in [-0.39, 0.29) is 36.3 Å². The summed E-state index contributed by atoms with van der Waals surface area (Å²) in [7, 11) is 1.66. The van der Waals surface area contributed by atoms with Crippen molar-refractivity contribution < 1.29 is 4.39 Å². The van der Waals surface area contributed by atoms with Gasteiger partial charge in [0.15, 0.2) is 5.96 Å². The summed E-state index contributed by atoms with van der Waals surface area (Å²) in [5, 5.41) is 6.86. The van der Waals surface area contributed by atoms with E-state index in [2.05, 4.69) is 20.6 Å². The maximum atomic E-state index is 13.5. The smallest absolute Gasteiger partial charge is 0.191 e. The number of guanidine groups is 1. The molecule has 0 bridgehead atoms. The molecule has 2 aromatic rings. The van der Waals surface area contributed by atoms with Gasteiger partial charge in [0.2, 0.25) is 0 Å². The van der Waals surface area contributed by atoms with Crippen LogP contribution in [-0.2, 0) is 13.1 Å². The van der Waals surface area contributed by atoms with Crippen LogP contribution in [0.4, 0.5) is 4.39 Å². The highest BCUT2D eigenvalue weighted by molar-refractivity contribution is 14.0. The molecule has 7 heteroatoms. The summed E-state index contributed by atoms with van der Waals surface area (Å²) < 4.78 is 13.5. The highest BCUT2D eigenvalue weighted by Gasteiger charge is 2.04. The van der Waals surface area contributed by atoms with Crippen molar-refractivity contribution in [1.82, 2.24) is 15.6 Å². The van der Waals surface area contributed by atoms with Gasteiger partial charge in [-0.2, -0.15) is 0 Å². The van der Waals surface area contributed by atoms with Crippen LogP contribution in [0.5, 0.6) is 0 Å². The van der Waals surface area contributed by atoms with Crippen LogP contribution < -0.4 is 10.6 Å². The maximum Gasteiger partial charge on any atom is 0.191 e. The maximum absolute atomic E-state index is 13.5. The molecule has 118 valence electrons. The molecule has 1 aromatic heterocycles. The molecule has 1 heterocycles. The van der Waals surface area contributed by atoms with Gasteiger partial charge in [-0.3, -0.25) is 9.98 Å². The van der Waals surface area contributed by atoms with Gasteiger partial charge in [-0.05, 0) is 29.8 Å². The van der Waals surface area contributed by atoms with Crippen LogP contribution in [0.15, 0.2) is 47.6 Å². The van der Waals surface area contributed by atoms with E-state index in [0.29, 0.717) is 23.2 Å². The van der Waals surface area contributed by atoms with Gasteiger partial charge in [-0.25, -0.2) is 4.39 Å². The van der Waals surface area contributed by atoms with Crippen molar-refractivity contribution in [1.29, 1.82) is 0 Å². The Morgan fingerprint density at radius 3 is 2.50 bits per heavy atom. The Labute approximate surface area is 151 Å². The lowest BCUT2D eigenvalue weighted by atomic mass is 10.2. The van der Waals surface area contributed by atoms with Gasteiger partial charge in [-0.15, -0.1) is 24.0 Å². The molecule has 0 saturated carbocycles. The Morgan fingerprint density at radius 1 is 1.18 bits per heavy atom. The standard InChI is InChI=1S/C15H16ClFN4.HI/c1-18-15(20-9-11-4-6-12(16)7-5-11)21-10-14-13(17)3-2-8-19-14;/h2-8H,9-10H2,1H3,(H2,18,20,21);1H. The Kier molecular flexibility index (Phi) is 8.11. The molecule has 1 aromatic carbocycles. The lowest BCUT2D eigenvalue weighted by Gasteiger charge is -2.12. The molecule has 4 nitrogen and oxygen atoms in total. The summed E-state index contributed by atoms with van der Waals surface area (Å²) in [6, 6.07) is 10.5. The summed E-state index contributed by atoms with van der Waals surface area (Å²) >= 11 is 5.84. The van der Waals surface area contributed by atoms with Gasteiger partial charge >= 0.3 is 0 Å². The van der Waals surface area contributed by atoms with Crippen molar-refractivity contribution >= 4 is 41.5 Å². The number of nitrogens with zero attached hydrogens (tertiary/aromatic N) is 2. The first-order valence-corrected chi connectivity index (χ1v) is 6.85. The number of benzene rings is 1. The summed E-state index contributed by atoms with van der Waals surface area (Å²) in [5.41, 5.74) is 1.43. The number of aliphatic imine (C=N–C) groups is 1. The number of rotatable bonds is 4.